The molecular weight excluding hydrogens is 268 g/mol. The molecule has 0 unspecified atom stereocenters. The van der Waals surface area contributed by atoms with E-state index in [0.29, 0.717) is 25.7 Å². The number of carbonyl (C=O) groups excluding carboxylic acids is 1. The van der Waals surface area contributed by atoms with Crippen LogP contribution < -0.4 is 5.32 Å². The molecule has 0 radical (unpaired) electrons. The maximum absolute atomic E-state index is 12.5. The minimum Gasteiger partial charge on any atom is -0.377 e. The maximum atomic E-state index is 12.5. The topological polar surface area (TPSA) is 59.4 Å². The molecule has 0 aliphatic carbocycles. The number of aromatic nitrogens is 2. The fraction of sp³-hybridized carbons (Fsp3) is 0.733. The summed E-state index contributed by atoms with van der Waals surface area (Å²) in [4.78, 5) is 18.4. The lowest BCUT2D eigenvalue weighted by Gasteiger charge is -2.37. The number of carbonyl (C=O) groups is 1. The molecule has 21 heavy (non-hydrogen) atoms. The van der Waals surface area contributed by atoms with Crippen molar-refractivity contribution < 1.29 is 9.53 Å². The molecule has 0 aromatic carbocycles. The molecule has 1 fully saturated rings. The number of hydrogen-bond donors (Lipinski definition) is 1. The van der Waals surface area contributed by atoms with E-state index >= 15 is 0 Å². The molecule has 6 nitrogen and oxygen atoms in total. The van der Waals surface area contributed by atoms with Crippen molar-refractivity contribution in [3.05, 3.63) is 18.7 Å². The number of imidazole rings is 1. The van der Waals surface area contributed by atoms with Gasteiger partial charge >= 0.3 is 6.03 Å². The third kappa shape index (κ3) is 4.74. The Morgan fingerprint density at radius 3 is 2.95 bits per heavy atom. The van der Waals surface area contributed by atoms with Crippen molar-refractivity contribution in [3.8, 4) is 0 Å². The zero-order valence-electron chi connectivity index (χ0n) is 13.2. The molecule has 1 aliphatic heterocycles. The number of morpholine rings is 1. The lowest BCUT2D eigenvalue weighted by atomic mass is 10.0. The van der Waals surface area contributed by atoms with Gasteiger partial charge in [-0.15, -0.1) is 0 Å². The minimum absolute atomic E-state index is 0.0107. The Bertz CT molecular complexity index is 433. The van der Waals surface area contributed by atoms with Crippen molar-refractivity contribution in [2.24, 2.45) is 5.92 Å². The fourth-order valence-electron chi connectivity index (χ4n) is 2.71. The van der Waals surface area contributed by atoms with Crippen molar-refractivity contribution in [2.45, 2.75) is 45.8 Å². The summed E-state index contributed by atoms with van der Waals surface area (Å²) in [5.41, 5.74) is 0. The van der Waals surface area contributed by atoms with Gasteiger partial charge in [-0.1, -0.05) is 13.8 Å². The van der Waals surface area contributed by atoms with Gasteiger partial charge in [0, 0.05) is 31.5 Å². The second kappa shape index (κ2) is 7.45. The van der Waals surface area contributed by atoms with Crippen molar-refractivity contribution in [2.75, 3.05) is 19.8 Å². The predicted octanol–water partition coefficient (Wildman–Crippen LogP) is 1.73. The minimum atomic E-state index is 0.0107. The van der Waals surface area contributed by atoms with Crippen LogP contribution in [0.15, 0.2) is 18.7 Å². The molecule has 2 heterocycles. The summed E-state index contributed by atoms with van der Waals surface area (Å²) in [5, 5.41) is 3.07. The first-order chi connectivity index (χ1) is 10.1. The zero-order chi connectivity index (χ0) is 15.2. The summed E-state index contributed by atoms with van der Waals surface area (Å²) in [6.07, 6.45) is 6.39. The lowest BCUT2D eigenvalue weighted by molar-refractivity contribution is 0.00502. The average molecular weight is 294 g/mol. The van der Waals surface area contributed by atoms with Gasteiger partial charge in [0.05, 0.1) is 25.6 Å². The summed E-state index contributed by atoms with van der Waals surface area (Å²) in [6.45, 7) is 9.01. The highest BCUT2D eigenvalue weighted by molar-refractivity contribution is 5.75. The van der Waals surface area contributed by atoms with Crippen LogP contribution in [-0.4, -0.2) is 52.3 Å². The van der Waals surface area contributed by atoms with E-state index in [1.165, 1.54) is 0 Å². The van der Waals surface area contributed by atoms with Gasteiger partial charge in [-0.2, -0.15) is 0 Å². The fourth-order valence-corrected chi connectivity index (χ4v) is 2.71. The molecular formula is C15H26N4O2. The molecule has 2 rings (SSSR count). The van der Waals surface area contributed by atoms with Crippen LogP contribution in [0, 0.1) is 5.92 Å². The van der Waals surface area contributed by atoms with E-state index in [1.54, 1.807) is 12.5 Å². The Kier molecular flexibility index (Phi) is 5.61. The summed E-state index contributed by atoms with van der Waals surface area (Å²) < 4.78 is 7.49. The van der Waals surface area contributed by atoms with Crippen LogP contribution in [0.1, 0.15) is 27.2 Å². The summed E-state index contributed by atoms with van der Waals surface area (Å²) in [7, 11) is 0. The number of rotatable bonds is 5. The Labute approximate surface area is 126 Å². The monoisotopic (exact) mass is 294 g/mol. The van der Waals surface area contributed by atoms with Crippen molar-refractivity contribution in [1.82, 2.24) is 19.8 Å². The molecule has 1 aliphatic rings. The molecule has 118 valence electrons. The molecule has 1 aromatic rings. The Hall–Kier alpha value is -1.56. The summed E-state index contributed by atoms with van der Waals surface area (Å²) in [6, 6.07) is 0.255. The van der Waals surface area contributed by atoms with E-state index in [1.807, 2.05) is 22.6 Å². The number of urea groups is 1. The van der Waals surface area contributed by atoms with Crippen LogP contribution in [0.5, 0.6) is 0 Å². The largest absolute Gasteiger partial charge is 0.377 e. The summed E-state index contributed by atoms with van der Waals surface area (Å²) in [5.74, 6) is 0.551. The van der Waals surface area contributed by atoms with Crippen molar-refractivity contribution in [3.63, 3.8) is 0 Å². The van der Waals surface area contributed by atoms with Crippen molar-refractivity contribution in [1.29, 1.82) is 0 Å². The van der Waals surface area contributed by atoms with Crippen LogP contribution in [0.3, 0.4) is 0 Å². The standard InChI is InChI=1S/C15H26N4O2/c1-12(2)8-14-10-21-7-6-19(14)15(20)17-13(3)9-18-5-4-16-11-18/h4-5,11-14H,6-10H2,1-3H3,(H,17,20)/t13-,14-/m0/s1. The number of amides is 2. The second-order valence-electron chi connectivity index (χ2n) is 6.16. The van der Waals surface area contributed by atoms with Gasteiger partial charge < -0.3 is 19.5 Å². The number of nitrogens with zero attached hydrogens (tertiary/aromatic N) is 3. The predicted molar refractivity (Wildman–Crippen MR) is 81.0 cm³/mol. The number of hydrogen-bond acceptors (Lipinski definition) is 3. The molecule has 0 saturated carbocycles. The highest BCUT2D eigenvalue weighted by Gasteiger charge is 2.28. The average Bonchev–Trinajstić information content (AvgIpc) is 2.91. The van der Waals surface area contributed by atoms with Crippen molar-refractivity contribution >= 4 is 6.03 Å². The highest BCUT2D eigenvalue weighted by atomic mass is 16.5. The van der Waals surface area contributed by atoms with E-state index in [2.05, 4.69) is 24.1 Å². The molecule has 6 heteroatoms. The van der Waals surface area contributed by atoms with Gasteiger partial charge in [0.2, 0.25) is 0 Å². The maximum Gasteiger partial charge on any atom is 0.318 e. The zero-order valence-corrected chi connectivity index (χ0v) is 13.2. The van der Waals surface area contributed by atoms with E-state index in [4.69, 9.17) is 4.74 Å². The molecule has 2 atom stereocenters. The van der Waals surface area contributed by atoms with E-state index in [-0.39, 0.29) is 18.1 Å². The first kappa shape index (κ1) is 15.8. The van der Waals surface area contributed by atoms with Crippen LogP contribution in [0.2, 0.25) is 0 Å². The SMILES string of the molecule is CC(C)C[C@H]1COCCN1C(=O)N[C@@H](C)Cn1ccnc1. The van der Waals surface area contributed by atoms with E-state index in [9.17, 15) is 4.79 Å². The third-order valence-electron chi connectivity index (χ3n) is 3.65. The first-order valence-electron chi connectivity index (χ1n) is 7.67. The normalized spacial score (nSPS) is 20.6. The molecule has 0 spiro atoms. The van der Waals surface area contributed by atoms with Gasteiger partial charge in [0.25, 0.3) is 0 Å². The number of ether oxygens (including phenoxy) is 1. The van der Waals surface area contributed by atoms with Gasteiger partial charge in [0.15, 0.2) is 0 Å². The summed E-state index contributed by atoms with van der Waals surface area (Å²) >= 11 is 0. The lowest BCUT2D eigenvalue weighted by Crippen LogP contribution is -2.54. The molecule has 1 saturated heterocycles. The first-order valence-corrected chi connectivity index (χ1v) is 7.67. The Balaban J connectivity index is 1.87. The smallest absolute Gasteiger partial charge is 0.318 e. The molecule has 1 aromatic heterocycles. The van der Waals surface area contributed by atoms with Crippen LogP contribution >= 0.6 is 0 Å². The van der Waals surface area contributed by atoms with Crippen LogP contribution in [-0.2, 0) is 11.3 Å². The Morgan fingerprint density at radius 2 is 2.29 bits per heavy atom. The third-order valence-corrected chi connectivity index (χ3v) is 3.65. The van der Waals surface area contributed by atoms with Gasteiger partial charge in [0.1, 0.15) is 0 Å². The van der Waals surface area contributed by atoms with Crippen LogP contribution in [0.4, 0.5) is 4.79 Å². The quantitative estimate of drug-likeness (QED) is 0.899. The Morgan fingerprint density at radius 1 is 1.48 bits per heavy atom. The van der Waals surface area contributed by atoms with Gasteiger partial charge in [-0.05, 0) is 19.3 Å². The van der Waals surface area contributed by atoms with E-state index < -0.39 is 0 Å². The molecule has 2 amide bonds. The molecule has 0 bridgehead atoms. The van der Waals surface area contributed by atoms with Gasteiger partial charge in [-0.25, -0.2) is 9.78 Å². The van der Waals surface area contributed by atoms with Gasteiger partial charge in [-0.3, -0.25) is 0 Å². The highest BCUT2D eigenvalue weighted by Crippen LogP contribution is 2.15. The number of nitrogens with one attached hydrogen (secondary N) is 1. The van der Waals surface area contributed by atoms with Crippen LogP contribution in [0.25, 0.3) is 0 Å². The van der Waals surface area contributed by atoms with E-state index in [0.717, 1.165) is 13.0 Å². The molecule has 1 N–H and O–H groups in total. The second-order valence-corrected chi connectivity index (χ2v) is 6.16.